The van der Waals surface area contributed by atoms with Crippen LogP contribution in [0.3, 0.4) is 0 Å². The first kappa shape index (κ1) is 22.9. The first-order valence-corrected chi connectivity index (χ1v) is 11.7. The second-order valence-electron chi connectivity index (χ2n) is 8.47. The Morgan fingerprint density at radius 1 is 1.24 bits per heavy atom. The lowest BCUT2D eigenvalue weighted by atomic mass is 10.1. The molecular formula is C25H32N6O2. The van der Waals surface area contributed by atoms with Gasteiger partial charge in [0.2, 0.25) is 11.8 Å². The van der Waals surface area contributed by atoms with Crippen molar-refractivity contribution in [1.82, 2.24) is 20.2 Å². The summed E-state index contributed by atoms with van der Waals surface area (Å²) >= 11 is 0. The standard InChI is InChI=1S/C25H32N6O2/c1-3-9-31(10-4-2)25(32)19-12-18-5-6-23(30-24(18)29-22(26)13-19)33-16-17-11-20-15-27-8-7-21(20)28-14-17/h5-6,11-12,14,27H,3-4,7-10,13,15-16H2,1-2H3,(H2,26,29,30). The van der Waals surface area contributed by atoms with E-state index in [1.165, 1.54) is 5.56 Å². The number of carbonyl (C=O) groups is 1. The van der Waals surface area contributed by atoms with E-state index in [1.807, 2.05) is 23.2 Å². The van der Waals surface area contributed by atoms with Crippen molar-refractivity contribution in [3.05, 3.63) is 52.4 Å². The van der Waals surface area contributed by atoms with Gasteiger partial charge in [0.25, 0.3) is 0 Å². The number of amides is 1. The third kappa shape index (κ3) is 5.57. The van der Waals surface area contributed by atoms with Crippen LogP contribution in [0.1, 0.15) is 55.5 Å². The van der Waals surface area contributed by atoms with E-state index >= 15 is 0 Å². The number of ether oxygens (including phenoxy) is 1. The molecule has 8 nitrogen and oxygen atoms in total. The number of rotatable bonds is 8. The number of aromatic nitrogens is 2. The number of nitrogens with two attached hydrogens (primary N) is 1. The predicted molar refractivity (Wildman–Crippen MR) is 129 cm³/mol. The van der Waals surface area contributed by atoms with Gasteiger partial charge in [0.05, 0.1) is 0 Å². The van der Waals surface area contributed by atoms with Crippen molar-refractivity contribution in [2.45, 2.75) is 52.7 Å². The number of fused-ring (bicyclic) bond motifs is 2. The summed E-state index contributed by atoms with van der Waals surface area (Å²) in [6, 6.07) is 5.82. The molecule has 4 heterocycles. The van der Waals surface area contributed by atoms with Crippen LogP contribution in [0.4, 0.5) is 5.82 Å². The molecule has 174 valence electrons. The summed E-state index contributed by atoms with van der Waals surface area (Å²) < 4.78 is 5.92. The maximum Gasteiger partial charge on any atom is 0.250 e. The van der Waals surface area contributed by atoms with Gasteiger partial charge in [-0.25, -0.2) is 4.99 Å². The Balaban J connectivity index is 1.50. The van der Waals surface area contributed by atoms with Crippen molar-refractivity contribution >= 4 is 23.6 Å². The molecule has 8 heteroatoms. The fourth-order valence-corrected chi connectivity index (χ4v) is 4.16. The van der Waals surface area contributed by atoms with Crippen LogP contribution in [0.15, 0.2) is 35.0 Å². The highest BCUT2D eigenvalue weighted by molar-refractivity contribution is 6.05. The lowest BCUT2D eigenvalue weighted by molar-refractivity contribution is -0.127. The van der Waals surface area contributed by atoms with E-state index in [-0.39, 0.29) is 5.91 Å². The molecule has 2 aliphatic heterocycles. The van der Waals surface area contributed by atoms with Gasteiger partial charge in [-0.1, -0.05) is 13.8 Å². The van der Waals surface area contributed by atoms with E-state index in [0.29, 0.717) is 36.1 Å². The van der Waals surface area contributed by atoms with Crippen LogP contribution >= 0.6 is 0 Å². The minimum atomic E-state index is 0.0134. The Morgan fingerprint density at radius 3 is 2.85 bits per heavy atom. The third-order valence-corrected chi connectivity index (χ3v) is 5.74. The van der Waals surface area contributed by atoms with Gasteiger partial charge in [-0.2, -0.15) is 4.98 Å². The number of pyridine rings is 2. The first-order valence-electron chi connectivity index (χ1n) is 11.7. The van der Waals surface area contributed by atoms with E-state index in [0.717, 1.165) is 62.3 Å². The third-order valence-electron chi connectivity index (χ3n) is 5.74. The van der Waals surface area contributed by atoms with Crippen molar-refractivity contribution in [2.75, 3.05) is 19.6 Å². The number of nitrogens with zero attached hydrogens (tertiary/aromatic N) is 4. The largest absolute Gasteiger partial charge is 0.473 e. The topological polar surface area (TPSA) is 106 Å². The molecule has 0 aliphatic carbocycles. The highest BCUT2D eigenvalue weighted by Crippen LogP contribution is 2.28. The molecule has 0 unspecified atom stereocenters. The van der Waals surface area contributed by atoms with Gasteiger partial charge in [-0.3, -0.25) is 9.78 Å². The zero-order valence-electron chi connectivity index (χ0n) is 19.4. The van der Waals surface area contributed by atoms with Crippen molar-refractivity contribution in [3.8, 4) is 5.88 Å². The summed E-state index contributed by atoms with van der Waals surface area (Å²) in [5.41, 5.74) is 10.9. The fourth-order valence-electron chi connectivity index (χ4n) is 4.16. The normalized spacial score (nSPS) is 15.0. The number of nitrogens with one attached hydrogen (secondary N) is 1. The quantitative estimate of drug-likeness (QED) is 0.643. The summed E-state index contributed by atoms with van der Waals surface area (Å²) in [6.45, 7) is 7.78. The zero-order valence-corrected chi connectivity index (χ0v) is 19.4. The number of amidine groups is 1. The first-order chi connectivity index (χ1) is 16.1. The molecule has 2 aliphatic rings. The molecule has 0 saturated carbocycles. The van der Waals surface area contributed by atoms with Crippen LogP contribution in [0, 0.1) is 0 Å². The molecule has 0 saturated heterocycles. The highest BCUT2D eigenvalue weighted by atomic mass is 16.5. The van der Waals surface area contributed by atoms with Crippen molar-refractivity contribution < 1.29 is 9.53 Å². The molecule has 2 aromatic rings. The van der Waals surface area contributed by atoms with Gasteiger partial charge in [0.1, 0.15) is 12.4 Å². The molecule has 0 radical (unpaired) electrons. The van der Waals surface area contributed by atoms with Crippen LogP contribution < -0.4 is 15.8 Å². The molecule has 0 fully saturated rings. The van der Waals surface area contributed by atoms with E-state index in [2.05, 4.69) is 40.2 Å². The average Bonchev–Trinajstić information content (AvgIpc) is 2.99. The fraction of sp³-hybridized carbons (Fsp3) is 0.440. The number of hydrogen-bond donors (Lipinski definition) is 2. The summed E-state index contributed by atoms with van der Waals surface area (Å²) in [4.78, 5) is 28.6. The van der Waals surface area contributed by atoms with E-state index in [9.17, 15) is 4.79 Å². The molecule has 2 aromatic heterocycles. The summed E-state index contributed by atoms with van der Waals surface area (Å²) in [5.74, 6) is 1.32. The molecule has 0 aromatic carbocycles. The van der Waals surface area contributed by atoms with Crippen LogP contribution in [0.5, 0.6) is 5.88 Å². The van der Waals surface area contributed by atoms with Gasteiger partial charge in [-0.05, 0) is 36.6 Å². The lowest BCUT2D eigenvalue weighted by Crippen LogP contribution is -2.34. The molecule has 33 heavy (non-hydrogen) atoms. The van der Waals surface area contributed by atoms with Gasteiger partial charge in [0, 0.05) is 73.7 Å². The molecule has 1 amide bonds. The molecular weight excluding hydrogens is 416 g/mol. The smallest absolute Gasteiger partial charge is 0.250 e. The lowest BCUT2D eigenvalue weighted by Gasteiger charge is -2.22. The van der Waals surface area contributed by atoms with Crippen LogP contribution in [-0.2, 0) is 24.4 Å². The molecule has 3 N–H and O–H groups in total. The van der Waals surface area contributed by atoms with Gasteiger partial charge in [0.15, 0.2) is 5.82 Å². The monoisotopic (exact) mass is 448 g/mol. The number of carbonyl (C=O) groups excluding carboxylic acids is 1. The molecule has 0 bridgehead atoms. The second kappa shape index (κ2) is 10.6. The Morgan fingerprint density at radius 2 is 2.06 bits per heavy atom. The Bertz CT molecular complexity index is 1070. The van der Waals surface area contributed by atoms with E-state index < -0.39 is 0 Å². The van der Waals surface area contributed by atoms with E-state index in [1.54, 1.807) is 6.07 Å². The van der Waals surface area contributed by atoms with Crippen LogP contribution in [-0.4, -0.2) is 46.2 Å². The molecule has 4 rings (SSSR count). The maximum atomic E-state index is 13.1. The number of aliphatic imine (C=N–C) groups is 1. The minimum Gasteiger partial charge on any atom is -0.473 e. The summed E-state index contributed by atoms with van der Waals surface area (Å²) in [7, 11) is 0. The van der Waals surface area contributed by atoms with Crippen LogP contribution in [0.25, 0.3) is 6.08 Å². The second-order valence-corrected chi connectivity index (χ2v) is 8.47. The SMILES string of the molecule is CCCN(CCC)C(=O)C1=Cc2ccc(OCc3cnc4c(c3)CNCC4)nc2N=C(N)C1. The Labute approximate surface area is 195 Å². The van der Waals surface area contributed by atoms with Crippen LogP contribution in [0.2, 0.25) is 0 Å². The molecule has 0 spiro atoms. The summed E-state index contributed by atoms with van der Waals surface area (Å²) in [6.07, 6.45) is 6.81. The average molecular weight is 449 g/mol. The predicted octanol–water partition coefficient (Wildman–Crippen LogP) is 3.13. The Hall–Kier alpha value is -3.26. The Kier molecular flexibility index (Phi) is 7.34. The summed E-state index contributed by atoms with van der Waals surface area (Å²) in [5, 5.41) is 3.37. The maximum absolute atomic E-state index is 13.1. The molecule has 0 atom stereocenters. The van der Waals surface area contributed by atoms with Gasteiger partial charge >= 0.3 is 0 Å². The minimum absolute atomic E-state index is 0.0134. The van der Waals surface area contributed by atoms with Gasteiger partial charge < -0.3 is 20.7 Å². The van der Waals surface area contributed by atoms with Gasteiger partial charge in [-0.15, -0.1) is 0 Å². The van der Waals surface area contributed by atoms with Crippen molar-refractivity contribution in [3.63, 3.8) is 0 Å². The highest BCUT2D eigenvalue weighted by Gasteiger charge is 2.21. The number of hydrogen-bond acceptors (Lipinski definition) is 7. The van der Waals surface area contributed by atoms with Crippen molar-refractivity contribution in [2.24, 2.45) is 10.7 Å². The van der Waals surface area contributed by atoms with Crippen molar-refractivity contribution in [1.29, 1.82) is 0 Å². The zero-order chi connectivity index (χ0) is 23.2. The van der Waals surface area contributed by atoms with E-state index in [4.69, 9.17) is 10.5 Å².